The Kier molecular flexibility index (Phi) is 3.51. The van der Waals surface area contributed by atoms with Crippen LogP contribution >= 0.6 is 0 Å². The number of ketones is 1. The average Bonchev–Trinajstić information content (AvgIpc) is 2.32. The molecule has 0 heterocycles. The van der Waals surface area contributed by atoms with Gasteiger partial charge in [0.15, 0.2) is 0 Å². The van der Waals surface area contributed by atoms with E-state index in [1.807, 2.05) is 13.0 Å². The van der Waals surface area contributed by atoms with Crippen molar-refractivity contribution in [2.45, 2.75) is 45.4 Å². The van der Waals surface area contributed by atoms with E-state index in [0.29, 0.717) is 5.78 Å². The first-order chi connectivity index (χ1) is 8.13. The number of carbonyl (C=O) groups is 1. The molecule has 1 atom stereocenters. The zero-order valence-electron chi connectivity index (χ0n) is 10.9. The predicted molar refractivity (Wildman–Crippen MR) is 68.7 cm³/mol. The normalized spacial score (nSPS) is 20.4. The Labute approximate surface area is 103 Å². The van der Waals surface area contributed by atoms with Crippen molar-refractivity contribution >= 4 is 5.78 Å². The van der Waals surface area contributed by atoms with Crippen LogP contribution in [0.25, 0.3) is 0 Å². The fraction of sp³-hybridized carbons (Fsp3) is 0.533. The van der Waals surface area contributed by atoms with Crippen molar-refractivity contribution < 1.29 is 9.53 Å². The lowest BCUT2D eigenvalue weighted by Gasteiger charge is -2.23. The molecule has 1 aromatic carbocycles. The van der Waals surface area contributed by atoms with Crippen molar-refractivity contribution in [1.82, 2.24) is 0 Å². The van der Waals surface area contributed by atoms with Crippen molar-refractivity contribution in [3.05, 3.63) is 28.8 Å². The van der Waals surface area contributed by atoms with E-state index in [0.717, 1.165) is 30.6 Å². The summed E-state index contributed by atoms with van der Waals surface area (Å²) < 4.78 is 5.31. The largest absolute Gasteiger partial charge is 0.496 e. The van der Waals surface area contributed by atoms with E-state index in [4.69, 9.17) is 4.74 Å². The number of hydrogen-bond donors (Lipinski definition) is 0. The molecule has 1 aromatic rings. The van der Waals surface area contributed by atoms with Crippen molar-refractivity contribution in [1.29, 1.82) is 0 Å². The summed E-state index contributed by atoms with van der Waals surface area (Å²) in [5, 5.41) is 0. The van der Waals surface area contributed by atoms with E-state index < -0.39 is 0 Å². The first kappa shape index (κ1) is 12.2. The first-order valence-corrected chi connectivity index (χ1v) is 6.31. The van der Waals surface area contributed by atoms with Crippen LogP contribution in [0.3, 0.4) is 0 Å². The Morgan fingerprint density at radius 1 is 1.18 bits per heavy atom. The van der Waals surface area contributed by atoms with E-state index in [1.165, 1.54) is 17.5 Å². The van der Waals surface area contributed by atoms with Crippen molar-refractivity contribution in [3.63, 3.8) is 0 Å². The maximum Gasteiger partial charge on any atom is 0.140 e. The average molecular weight is 232 g/mol. The van der Waals surface area contributed by atoms with Gasteiger partial charge in [0.05, 0.1) is 7.11 Å². The van der Waals surface area contributed by atoms with Gasteiger partial charge >= 0.3 is 0 Å². The molecular weight excluding hydrogens is 212 g/mol. The highest BCUT2D eigenvalue weighted by Gasteiger charge is 2.25. The lowest BCUT2D eigenvalue weighted by molar-refractivity contribution is -0.121. The van der Waals surface area contributed by atoms with Crippen LogP contribution in [0.2, 0.25) is 0 Å². The predicted octanol–water partition coefficient (Wildman–Crippen LogP) is 3.54. The molecule has 92 valence electrons. The molecule has 0 N–H and O–H groups in total. The van der Waals surface area contributed by atoms with E-state index in [1.54, 1.807) is 7.11 Å². The van der Waals surface area contributed by atoms with Crippen LogP contribution in [0, 0.1) is 13.8 Å². The van der Waals surface area contributed by atoms with Gasteiger partial charge in [-0.3, -0.25) is 4.79 Å². The van der Waals surface area contributed by atoms with Crippen LogP contribution in [0.4, 0.5) is 0 Å². The summed E-state index contributed by atoms with van der Waals surface area (Å²) in [6.45, 7) is 4.11. The van der Waals surface area contributed by atoms with E-state index in [2.05, 4.69) is 13.0 Å². The third-order valence-corrected chi connectivity index (χ3v) is 3.71. The van der Waals surface area contributed by atoms with Gasteiger partial charge in [-0.1, -0.05) is 12.5 Å². The highest BCUT2D eigenvalue weighted by molar-refractivity contribution is 5.86. The maximum absolute atomic E-state index is 12.0. The Bertz CT molecular complexity index is 435. The van der Waals surface area contributed by atoms with Gasteiger partial charge in [-0.05, 0) is 49.4 Å². The summed E-state index contributed by atoms with van der Waals surface area (Å²) in [7, 11) is 1.69. The molecular formula is C15H20O2. The third kappa shape index (κ3) is 2.36. The molecule has 1 aliphatic rings. The third-order valence-electron chi connectivity index (χ3n) is 3.71. The van der Waals surface area contributed by atoms with Gasteiger partial charge in [-0.15, -0.1) is 0 Å². The highest BCUT2D eigenvalue weighted by atomic mass is 16.5. The number of benzene rings is 1. The van der Waals surface area contributed by atoms with Gasteiger partial charge in [0, 0.05) is 12.3 Å². The zero-order valence-corrected chi connectivity index (χ0v) is 10.9. The molecule has 1 aliphatic carbocycles. The smallest absolute Gasteiger partial charge is 0.140 e. The minimum absolute atomic E-state index is 0.119. The molecule has 1 fully saturated rings. The zero-order chi connectivity index (χ0) is 12.4. The van der Waals surface area contributed by atoms with Crippen LogP contribution in [-0.4, -0.2) is 12.9 Å². The van der Waals surface area contributed by atoms with Gasteiger partial charge < -0.3 is 4.74 Å². The van der Waals surface area contributed by atoms with Crippen LogP contribution in [0.15, 0.2) is 12.1 Å². The lowest BCUT2D eigenvalue weighted by atomic mass is 9.80. The van der Waals surface area contributed by atoms with E-state index >= 15 is 0 Å². The second-order valence-corrected chi connectivity index (χ2v) is 4.94. The Hall–Kier alpha value is -1.31. The highest BCUT2D eigenvalue weighted by Crippen LogP contribution is 2.34. The molecule has 1 unspecified atom stereocenters. The van der Waals surface area contributed by atoms with Gasteiger partial charge in [0.2, 0.25) is 0 Å². The van der Waals surface area contributed by atoms with E-state index in [9.17, 15) is 4.79 Å². The maximum atomic E-state index is 12.0. The molecule has 0 amide bonds. The number of aryl methyl sites for hydroxylation is 2. The number of ether oxygens (including phenoxy) is 1. The van der Waals surface area contributed by atoms with Crippen molar-refractivity contribution in [2.24, 2.45) is 0 Å². The summed E-state index contributed by atoms with van der Waals surface area (Å²) in [5.74, 6) is 1.44. The topological polar surface area (TPSA) is 26.3 Å². The van der Waals surface area contributed by atoms with Crippen LogP contribution in [0.5, 0.6) is 5.75 Å². The molecule has 0 spiro atoms. The molecule has 0 radical (unpaired) electrons. The summed E-state index contributed by atoms with van der Waals surface area (Å²) in [4.78, 5) is 12.0. The minimum atomic E-state index is 0.119. The van der Waals surface area contributed by atoms with E-state index in [-0.39, 0.29) is 5.92 Å². The Morgan fingerprint density at radius 2 is 1.94 bits per heavy atom. The quantitative estimate of drug-likeness (QED) is 0.779. The molecule has 2 heteroatoms. The van der Waals surface area contributed by atoms with Crippen molar-refractivity contribution in [3.8, 4) is 5.75 Å². The monoisotopic (exact) mass is 232 g/mol. The molecule has 0 saturated heterocycles. The summed E-state index contributed by atoms with van der Waals surface area (Å²) >= 11 is 0. The Morgan fingerprint density at radius 3 is 2.59 bits per heavy atom. The molecule has 1 saturated carbocycles. The Balaban J connectivity index is 2.38. The van der Waals surface area contributed by atoms with Gasteiger partial charge in [0.25, 0.3) is 0 Å². The standard InChI is InChI=1S/C15H20O2/c1-10-9-15(17-3)11(2)8-13(10)12-6-4-5-7-14(12)16/h8-9,12H,4-7H2,1-3H3. The fourth-order valence-corrected chi connectivity index (χ4v) is 2.72. The number of carbonyl (C=O) groups excluding carboxylic acids is 1. The second-order valence-electron chi connectivity index (χ2n) is 4.94. The minimum Gasteiger partial charge on any atom is -0.496 e. The molecule has 0 aromatic heterocycles. The van der Waals surface area contributed by atoms with Crippen molar-refractivity contribution in [2.75, 3.05) is 7.11 Å². The lowest BCUT2D eigenvalue weighted by Crippen LogP contribution is -2.18. The number of Topliss-reactive ketones (excluding diaryl/α,β-unsaturated/α-hetero) is 1. The van der Waals surface area contributed by atoms with Gasteiger partial charge in [0.1, 0.15) is 11.5 Å². The van der Waals surface area contributed by atoms with Gasteiger partial charge in [-0.25, -0.2) is 0 Å². The number of methoxy groups -OCH3 is 1. The van der Waals surface area contributed by atoms with Gasteiger partial charge in [-0.2, -0.15) is 0 Å². The SMILES string of the molecule is COc1cc(C)c(C2CCCCC2=O)cc1C. The molecule has 0 aliphatic heterocycles. The number of hydrogen-bond acceptors (Lipinski definition) is 2. The molecule has 0 bridgehead atoms. The second kappa shape index (κ2) is 4.91. The summed E-state index contributed by atoms with van der Waals surface area (Å²) in [6, 6.07) is 4.18. The molecule has 2 rings (SSSR count). The first-order valence-electron chi connectivity index (χ1n) is 6.31. The molecule has 17 heavy (non-hydrogen) atoms. The van der Waals surface area contributed by atoms with Crippen LogP contribution < -0.4 is 4.74 Å². The number of rotatable bonds is 2. The fourth-order valence-electron chi connectivity index (χ4n) is 2.72. The van der Waals surface area contributed by atoms with Crippen LogP contribution in [0.1, 0.15) is 48.3 Å². The summed E-state index contributed by atoms with van der Waals surface area (Å²) in [5.41, 5.74) is 3.49. The van der Waals surface area contributed by atoms with Crippen LogP contribution in [-0.2, 0) is 4.79 Å². The summed E-state index contributed by atoms with van der Waals surface area (Å²) in [6.07, 6.45) is 3.98. The molecule has 2 nitrogen and oxygen atoms in total.